The van der Waals surface area contributed by atoms with Gasteiger partial charge in [0, 0.05) is 5.69 Å². The molecule has 1 aliphatic carbocycles. The van der Waals surface area contributed by atoms with Crippen LogP contribution in [0, 0.1) is 17.2 Å². The van der Waals surface area contributed by atoms with Gasteiger partial charge in [0.25, 0.3) is 5.91 Å². The Hall–Kier alpha value is -3.33. The first kappa shape index (κ1) is 18.5. The van der Waals surface area contributed by atoms with Crippen molar-refractivity contribution in [1.82, 2.24) is 5.32 Å². The fourth-order valence-corrected chi connectivity index (χ4v) is 2.86. The molecule has 1 amide bonds. The molecule has 0 aromatic heterocycles. The average Bonchev–Trinajstić information content (AvgIpc) is 3.53. The number of nitriles is 1. The molecule has 2 N–H and O–H groups in total. The van der Waals surface area contributed by atoms with E-state index in [4.69, 9.17) is 4.74 Å². The monoisotopic (exact) mass is 363 g/mol. The highest BCUT2D eigenvalue weighted by Gasteiger charge is 2.43. The standard InChI is InChI=1S/C21H21N3O3/c1-21(14-22,15-11-12-15)24-19(25)13-27-20(26)17-9-5-6-10-18(17)23-16-7-3-2-4-8-16/h2-10,15,23H,11-13H2,1H3,(H,24,25)/t21-/m1/s1. The molecule has 0 heterocycles. The number of nitrogens with one attached hydrogen (secondary N) is 2. The zero-order valence-electron chi connectivity index (χ0n) is 15.1. The van der Waals surface area contributed by atoms with Gasteiger partial charge in [-0.05, 0) is 49.9 Å². The van der Waals surface area contributed by atoms with Gasteiger partial charge in [0.05, 0.1) is 17.3 Å². The predicted octanol–water partition coefficient (Wildman–Crippen LogP) is 3.40. The van der Waals surface area contributed by atoms with E-state index >= 15 is 0 Å². The minimum atomic E-state index is -0.906. The highest BCUT2D eigenvalue weighted by molar-refractivity contribution is 5.97. The fourth-order valence-electron chi connectivity index (χ4n) is 2.86. The fraction of sp³-hybridized carbons (Fsp3) is 0.286. The van der Waals surface area contributed by atoms with Crippen molar-refractivity contribution in [3.05, 3.63) is 60.2 Å². The van der Waals surface area contributed by atoms with E-state index < -0.39 is 24.0 Å². The molecule has 2 aromatic carbocycles. The molecular formula is C21H21N3O3. The molecule has 138 valence electrons. The quantitative estimate of drug-likeness (QED) is 0.736. The summed E-state index contributed by atoms with van der Waals surface area (Å²) in [6.07, 6.45) is 1.84. The Morgan fingerprint density at radius 1 is 1.15 bits per heavy atom. The molecule has 0 aliphatic heterocycles. The summed E-state index contributed by atoms with van der Waals surface area (Å²) < 4.78 is 5.16. The number of hydrogen-bond donors (Lipinski definition) is 2. The topological polar surface area (TPSA) is 91.2 Å². The largest absolute Gasteiger partial charge is 0.452 e. The highest BCUT2D eigenvalue weighted by atomic mass is 16.5. The molecule has 0 unspecified atom stereocenters. The summed E-state index contributed by atoms with van der Waals surface area (Å²) in [7, 11) is 0. The van der Waals surface area contributed by atoms with Crippen molar-refractivity contribution in [3.63, 3.8) is 0 Å². The average molecular weight is 363 g/mol. The number of anilines is 2. The van der Waals surface area contributed by atoms with Crippen LogP contribution in [0.25, 0.3) is 0 Å². The lowest BCUT2D eigenvalue weighted by atomic mass is 9.98. The molecule has 0 radical (unpaired) electrons. The van der Waals surface area contributed by atoms with Crippen LogP contribution in [0.2, 0.25) is 0 Å². The molecule has 27 heavy (non-hydrogen) atoms. The molecule has 1 fully saturated rings. The molecule has 1 aliphatic rings. The van der Waals surface area contributed by atoms with Crippen LogP contribution < -0.4 is 10.6 Å². The molecule has 2 aromatic rings. The zero-order chi connectivity index (χ0) is 19.3. The van der Waals surface area contributed by atoms with Gasteiger partial charge in [0.1, 0.15) is 5.54 Å². The zero-order valence-corrected chi connectivity index (χ0v) is 15.1. The number of benzene rings is 2. The second kappa shape index (κ2) is 7.92. The summed E-state index contributed by atoms with van der Waals surface area (Å²) in [6.45, 7) is 1.27. The Balaban J connectivity index is 1.61. The number of rotatable bonds is 7. The van der Waals surface area contributed by atoms with E-state index in [1.807, 2.05) is 36.4 Å². The summed E-state index contributed by atoms with van der Waals surface area (Å²) in [6, 6.07) is 18.5. The second-order valence-corrected chi connectivity index (χ2v) is 6.75. The minimum absolute atomic E-state index is 0.165. The first-order chi connectivity index (χ1) is 13.0. The number of carbonyl (C=O) groups excluding carboxylic acids is 2. The van der Waals surface area contributed by atoms with Crippen molar-refractivity contribution in [1.29, 1.82) is 5.26 Å². The number of carbonyl (C=O) groups is 2. The lowest BCUT2D eigenvalue weighted by molar-refractivity contribution is -0.125. The predicted molar refractivity (Wildman–Crippen MR) is 101 cm³/mol. The van der Waals surface area contributed by atoms with Crippen LogP contribution in [0.15, 0.2) is 54.6 Å². The normalized spacial score (nSPS) is 15.1. The molecule has 6 heteroatoms. The molecule has 1 atom stereocenters. The molecule has 0 bridgehead atoms. The van der Waals surface area contributed by atoms with Crippen LogP contribution >= 0.6 is 0 Å². The van der Waals surface area contributed by atoms with Gasteiger partial charge < -0.3 is 15.4 Å². The Bertz CT molecular complexity index is 872. The maximum Gasteiger partial charge on any atom is 0.340 e. The third-order valence-corrected chi connectivity index (χ3v) is 4.56. The van der Waals surface area contributed by atoms with E-state index in [1.54, 1.807) is 25.1 Å². The van der Waals surface area contributed by atoms with Crippen LogP contribution in [-0.4, -0.2) is 24.0 Å². The number of ether oxygens (including phenoxy) is 1. The van der Waals surface area contributed by atoms with E-state index in [1.165, 1.54) is 0 Å². The van der Waals surface area contributed by atoms with Gasteiger partial charge in [-0.2, -0.15) is 5.26 Å². The first-order valence-electron chi connectivity index (χ1n) is 8.82. The van der Waals surface area contributed by atoms with Crippen LogP contribution in [0.1, 0.15) is 30.1 Å². The smallest absolute Gasteiger partial charge is 0.340 e. The van der Waals surface area contributed by atoms with Crippen molar-refractivity contribution in [2.75, 3.05) is 11.9 Å². The number of hydrogen-bond acceptors (Lipinski definition) is 5. The Labute approximate surface area is 158 Å². The van der Waals surface area contributed by atoms with Gasteiger partial charge in [-0.1, -0.05) is 30.3 Å². The van der Waals surface area contributed by atoms with Gasteiger partial charge in [-0.15, -0.1) is 0 Å². The molecule has 0 spiro atoms. The summed E-state index contributed by atoms with van der Waals surface area (Å²) >= 11 is 0. The van der Waals surface area contributed by atoms with Crippen molar-refractivity contribution < 1.29 is 14.3 Å². The highest BCUT2D eigenvalue weighted by Crippen LogP contribution is 2.39. The van der Waals surface area contributed by atoms with E-state index in [9.17, 15) is 14.9 Å². The van der Waals surface area contributed by atoms with Crippen molar-refractivity contribution in [3.8, 4) is 6.07 Å². The summed E-state index contributed by atoms with van der Waals surface area (Å²) in [5, 5.41) is 15.1. The van der Waals surface area contributed by atoms with Crippen LogP contribution in [0.4, 0.5) is 11.4 Å². The molecular weight excluding hydrogens is 342 g/mol. The maximum atomic E-state index is 12.4. The van der Waals surface area contributed by atoms with E-state index in [0.29, 0.717) is 11.3 Å². The summed E-state index contributed by atoms with van der Waals surface area (Å²) in [5.41, 5.74) is 0.856. The van der Waals surface area contributed by atoms with Gasteiger partial charge in [0.15, 0.2) is 6.61 Å². The van der Waals surface area contributed by atoms with E-state index in [0.717, 1.165) is 18.5 Å². The summed E-state index contributed by atoms with van der Waals surface area (Å²) in [5.74, 6) is -0.917. The Morgan fingerprint density at radius 3 is 2.48 bits per heavy atom. The second-order valence-electron chi connectivity index (χ2n) is 6.75. The number of esters is 1. The molecule has 3 rings (SSSR count). The van der Waals surface area contributed by atoms with Crippen LogP contribution in [-0.2, 0) is 9.53 Å². The van der Waals surface area contributed by atoms with E-state index in [2.05, 4.69) is 16.7 Å². The number of nitrogens with zero attached hydrogens (tertiary/aromatic N) is 1. The lowest BCUT2D eigenvalue weighted by Crippen LogP contribution is -2.48. The molecule has 1 saturated carbocycles. The van der Waals surface area contributed by atoms with E-state index in [-0.39, 0.29) is 5.92 Å². The van der Waals surface area contributed by atoms with Crippen molar-refractivity contribution in [2.45, 2.75) is 25.3 Å². The molecule has 0 saturated heterocycles. The van der Waals surface area contributed by atoms with Gasteiger partial charge in [0.2, 0.25) is 0 Å². The number of amides is 1. The van der Waals surface area contributed by atoms with Crippen molar-refractivity contribution >= 4 is 23.3 Å². The van der Waals surface area contributed by atoms with Gasteiger partial charge >= 0.3 is 5.97 Å². The molecule has 6 nitrogen and oxygen atoms in total. The Morgan fingerprint density at radius 2 is 1.81 bits per heavy atom. The SMILES string of the molecule is C[C@](C#N)(NC(=O)COC(=O)c1ccccc1Nc1ccccc1)C1CC1. The van der Waals surface area contributed by atoms with Crippen molar-refractivity contribution in [2.24, 2.45) is 5.92 Å². The van der Waals surface area contributed by atoms with Crippen LogP contribution in [0.3, 0.4) is 0 Å². The lowest BCUT2D eigenvalue weighted by Gasteiger charge is -2.22. The number of para-hydroxylation sites is 2. The van der Waals surface area contributed by atoms with Gasteiger partial charge in [-0.3, -0.25) is 4.79 Å². The first-order valence-corrected chi connectivity index (χ1v) is 8.82. The maximum absolute atomic E-state index is 12.4. The third kappa shape index (κ3) is 4.64. The van der Waals surface area contributed by atoms with Crippen LogP contribution in [0.5, 0.6) is 0 Å². The third-order valence-electron chi connectivity index (χ3n) is 4.56. The van der Waals surface area contributed by atoms with Gasteiger partial charge in [-0.25, -0.2) is 4.79 Å². The Kier molecular flexibility index (Phi) is 5.41. The summed E-state index contributed by atoms with van der Waals surface area (Å²) in [4.78, 5) is 24.5. The minimum Gasteiger partial charge on any atom is -0.452 e.